The number of benzene rings is 1. The maximum atomic E-state index is 12.5. The predicted octanol–water partition coefficient (Wildman–Crippen LogP) is 3.47. The van der Waals surface area contributed by atoms with Crippen molar-refractivity contribution in [2.75, 3.05) is 26.8 Å². The van der Waals surface area contributed by atoms with Crippen molar-refractivity contribution in [1.29, 1.82) is 0 Å². The highest BCUT2D eigenvalue weighted by atomic mass is 35.5. The SMILES string of the molecule is CCOc1cc(C(=O)NCCNC2CCCCCC2)c([N+](=O)[O-])cc1OC.Cl. The largest absolute Gasteiger partial charge is 0.493 e. The second-order valence-corrected chi connectivity index (χ2v) is 6.61. The van der Waals surface area contributed by atoms with E-state index in [9.17, 15) is 14.9 Å². The Morgan fingerprint density at radius 2 is 1.86 bits per heavy atom. The number of nitrogens with zero attached hydrogens (tertiary/aromatic N) is 1. The average molecular weight is 416 g/mol. The van der Waals surface area contributed by atoms with Gasteiger partial charge in [0.1, 0.15) is 5.56 Å². The Labute approximate surface area is 171 Å². The van der Waals surface area contributed by atoms with E-state index in [1.54, 1.807) is 6.92 Å². The van der Waals surface area contributed by atoms with Crippen LogP contribution >= 0.6 is 12.4 Å². The summed E-state index contributed by atoms with van der Waals surface area (Å²) in [5, 5.41) is 17.6. The molecule has 0 saturated heterocycles. The van der Waals surface area contributed by atoms with Gasteiger partial charge in [-0.05, 0) is 19.8 Å². The van der Waals surface area contributed by atoms with Gasteiger partial charge in [-0.1, -0.05) is 25.7 Å². The van der Waals surface area contributed by atoms with Crippen LogP contribution in [-0.4, -0.2) is 43.7 Å². The molecule has 0 unspecified atom stereocenters. The fourth-order valence-electron chi connectivity index (χ4n) is 3.34. The molecule has 1 amide bonds. The topological polar surface area (TPSA) is 103 Å². The maximum Gasteiger partial charge on any atom is 0.286 e. The van der Waals surface area contributed by atoms with Gasteiger partial charge in [0.25, 0.3) is 11.6 Å². The van der Waals surface area contributed by atoms with E-state index < -0.39 is 10.8 Å². The number of methoxy groups -OCH3 is 1. The Morgan fingerprint density at radius 1 is 1.18 bits per heavy atom. The summed E-state index contributed by atoms with van der Waals surface area (Å²) in [7, 11) is 1.40. The van der Waals surface area contributed by atoms with Gasteiger partial charge in [0.05, 0.1) is 24.7 Å². The zero-order chi connectivity index (χ0) is 19.6. The fraction of sp³-hybridized carbons (Fsp3) is 0.632. The first kappa shape index (κ1) is 24.0. The van der Waals surface area contributed by atoms with E-state index >= 15 is 0 Å². The normalized spacial score (nSPS) is 14.5. The number of amides is 1. The van der Waals surface area contributed by atoms with Gasteiger partial charge in [-0.2, -0.15) is 0 Å². The molecule has 1 saturated carbocycles. The van der Waals surface area contributed by atoms with Crippen LogP contribution < -0.4 is 20.1 Å². The summed E-state index contributed by atoms with van der Waals surface area (Å²) >= 11 is 0. The van der Waals surface area contributed by atoms with Crippen LogP contribution in [0.5, 0.6) is 11.5 Å². The lowest BCUT2D eigenvalue weighted by Gasteiger charge is -2.16. The summed E-state index contributed by atoms with van der Waals surface area (Å²) in [6, 6.07) is 3.09. The monoisotopic (exact) mass is 415 g/mol. The number of nitro benzene ring substituents is 1. The molecule has 0 radical (unpaired) electrons. The van der Waals surface area contributed by atoms with E-state index in [1.807, 2.05) is 0 Å². The molecule has 0 aromatic heterocycles. The van der Waals surface area contributed by atoms with E-state index in [0.29, 0.717) is 31.5 Å². The molecule has 1 aromatic carbocycles. The summed E-state index contributed by atoms with van der Waals surface area (Å²) in [6.45, 7) is 3.20. The Kier molecular flexibility index (Phi) is 10.6. The highest BCUT2D eigenvalue weighted by Crippen LogP contribution is 2.34. The number of rotatable bonds is 9. The molecule has 28 heavy (non-hydrogen) atoms. The number of nitro groups is 1. The van der Waals surface area contributed by atoms with Crippen LogP contribution in [0.25, 0.3) is 0 Å². The smallest absolute Gasteiger partial charge is 0.286 e. The second-order valence-electron chi connectivity index (χ2n) is 6.61. The van der Waals surface area contributed by atoms with Gasteiger partial charge in [-0.3, -0.25) is 14.9 Å². The molecule has 0 spiro atoms. The molecule has 2 rings (SSSR count). The number of carbonyl (C=O) groups excluding carboxylic acids is 1. The number of hydrogen-bond acceptors (Lipinski definition) is 6. The van der Waals surface area contributed by atoms with E-state index in [2.05, 4.69) is 10.6 Å². The van der Waals surface area contributed by atoms with E-state index in [1.165, 1.54) is 44.9 Å². The number of hydrogen-bond donors (Lipinski definition) is 2. The molecule has 158 valence electrons. The lowest BCUT2D eigenvalue weighted by Crippen LogP contribution is -2.37. The van der Waals surface area contributed by atoms with Crippen molar-refractivity contribution < 1.29 is 19.2 Å². The quantitative estimate of drug-likeness (QED) is 0.277. The zero-order valence-corrected chi connectivity index (χ0v) is 17.3. The van der Waals surface area contributed by atoms with Gasteiger partial charge in [-0.25, -0.2) is 0 Å². The third-order valence-corrected chi connectivity index (χ3v) is 4.72. The minimum absolute atomic E-state index is 0. The van der Waals surface area contributed by atoms with Crippen LogP contribution in [0.4, 0.5) is 5.69 Å². The van der Waals surface area contributed by atoms with Gasteiger partial charge in [0.2, 0.25) is 0 Å². The Balaban J connectivity index is 0.00000392. The van der Waals surface area contributed by atoms with Gasteiger partial charge < -0.3 is 20.1 Å². The van der Waals surface area contributed by atoms with Crippen LogP contribution in [0.3, 0.4) is 0 Å². The van der Waals surface area contributed by atoms with Crippen LogP contribution in [-0.2, 0) is 0 Å². The highest BCUT2D eigenvalue weighted by molar-refractivity contribution is 5.99. The molecular weight excluding hydrogens is 386 g/mol. The van der Waals surface area contributed by atoms with Crippen molar-refractivity contribution >= 4 is 24.0 Å². The van der Waals surface area contributed by atoms with Crippen molar-refractivity contribution in [3.63, 3.8) is 0 Å². The van der Waals surface area contributed by atoms with E-state index in [4.69, 9.17) is 9.47 Å². The van der Waals surface area contributed by atoms with E-state index in [-0.39, 0.29) is 29.4 Å². The Morgan fingerprint density at radius 3 is 2.43 bits per heavy atom. The number of nitrogens with one attached hydrogen (secondary N) is 2. The van der Waals surface area contributed by atoms with Crippen LogP contribution in [0.15, 0.2) is 12.1 Å². The summed E-state index contributed by atoms with van der Waals surface area (Å²) in [5.41, 5.74) is -0.330. The lowest BCUT2D eigenvalue weighted by molar-refractivity contribution is -0.385. The van der Waals surface area contributed by atoms with Crippen LogP contribution in [0.1, 0.15) is 55.8 Å². The van der Waals surface area contributed by atoms with Crippen LogP contribution in [0, 0.1) is 10.1 Å². The van der Waals surface area contributed by atoms with Crippen molar-refractivity contribution in [1.82, 2.24) is 10.6 Å². The molecule has 0 atom stereocenters. The molecule has 1 aromatic rings. The molecule has 0 bridgehead atoms. The van der Waals surface area contributed by atoms with Crippen molar-refractivity contribution in [3.05, 3.63) is 27.8 Å². The van der Waals surface area contributed by atoms with Crippen molar-refractivity contribution in [2.24, 2.45) is 0 Å². The van der Waals surface area contributed by atoms with Crippen molar-refractivity contribution in [2.45, 2.75) is 51.5 Å². The zero-order valence-electron chi connectivity index (χ0n) is 16.5. The van der Waals surface area contributed by atoms with Gasteiger partial charge >= 0.3 is 0 Å². The van der Waals surface area contributed by atoms with Crippen LogP contribution in [0.2, 0.25) is 0 Å². The number of ether oxygens (including phenoxy) is 2. The van der Waals surface area contributed by atoms with Gasteiger partial charge in [-0.15, -0.1) is 12.4 Å². The first-order chi connectivity index (χ1) is 13.1. The molecule has 1 aliphatic rings. The third-order valence-electron chi connectivity index (χ3n) is 4.72. The summed E-state index contributed by atoms with van der Waals surface area (Å²) < 4.78 is 10.6. The molecule has 1 fully saturated rings. The Bertz CT molecular complexity index is 649. The summed E-state index contributed by atoms with van der Waals surface area (Å²) in [5.74, 6) is 0.0513. The lowest BCUT2D eigenvalue weighted by atomic mass is 10.1. The van der Waals surface area contributed by atoms with Gasteiger partial charge in [0, 0.05) is 25.2 Å². The molecule has 8 nitrogen and oxygen atoms in total. The predicted molar refractivity (Wildman–Crippen MR) is 110 cm³/mol. The minimum atomic E-state index is -0.586. The molecular formula is C19H30ClN3O5. The first-order valence-corrected chi connectivity index (χ1v) is 9.57. The van der Waals surface area contributed by atoms with Gasteiger partial charge in [0.15, 0.2) is 11.5 Å². The minimum Gasteiger partial charge on any atom is -0.493 e. The summed E-state index contributed by atoms with van der Waals surface area (Å²) in [6.07, 6.45) is 7.38. The Hall–Kier alpha value is -2.06. The van der Waals surface area contributed by atoms with Crippen molar-refractivity contribution in [3.8, 4) is 11.5 Å². The molecule has 0 heterocycles. The second kappa shape index (κ2) is 12.4. The average Bonchev–Trinajstić information content (AvgIpc) is 2.93. The molecule has 0 aliphatic heterocycles. The maximum absolute atomic E-state index is 12.5. The number of halogens is 1. The number of carbonyl (C=O) groups is 1. The fourth-order valence-corrected chi connectivity index (χ4v) is 3.34. The molecule has 1 aliphatic carbocycles. The standard InChI is InChI=1S/C19H29N3O5.ClH/c1-3-27-18-12-15(16(22(24)25)13-17(18)26-2)19(23)21-11-10-20-14-8-6-4-5-7-9-14;/h12-14,20H,3-11H2,1-2H3,(H,21,23);1H. The summed E-state index contributed by atoms with van der Waals surface area (Å²) in [4.78, 5) is 23.3. The van der Waals surface area contributed by atoms with E-state index in [0.717, 1.165) is 12.8 Å². The third kappa shape index (κ3) is 6.83. The molecule has 2 N–H and O–H groups in total. The highest BCUT2D eigenvalue weighted by Gasteiger charge is 2.24. The first-order valence-electron chi connectivity index (χ1n) is 9.57. The molecule has 9 heteroatoms.